The number of rotatable bonds is 5. The van der Waals surface area contributed by atoms with Gasteiger partial charge in [0.15, 0.2) is 5.60 Å². The molecule has 1 aromatic rings. The van der Waals surface area contributed by atoms with Crippen LogP contribution in [0.25, 0.3) is 0 Å². The summed E-state index contributed by atoms with van der Waals surface area (Å²) < 4.78 is 5.42. The lowest BCUT2D eigenvalue weighted by Gasteiger charge is -2.28. The Morgan fingerprint density at radius 3 is 2.47 bits per heavy atom. The van der Waals surface area contributed by atoms with Gasteiger partial charge >= 0.3 is 0 Å². The maximum atomic E-state index is 11.5. The molecule has 0 aliphatic rings. The lowest BCUT2D eigenvalue weighted by molar-refractivity contribution is -0.141. The van der Waals surface area contributed by atoms with Crippen LogP contribution in [0.1, 0.15) is 12.5 Å². The molecular formula is C11H14ClNO2. The minimum atomic E-state index is -1.21. The van der Waals surface area contributed by atoms with Gasteiger partial charge in [0, 0.05) is 6.61 Å². The Kier molecular flexibility index (Phi) is 4.12. The fraction of sp³-hybridized carbons (Fsp3) is 0.364. The molecule has 0 aliphatic heterocycles. The van der Waals surface area contributed by atoms with E-state index in [1.165, 1.54) is 0 Å². The van der Waals surface area contributed by atoms with Crippen LogP contribution in [0.15, 0.2) is 30.3 Å². The van der Waals surface area contributed by atoms with Crippen molar-refractivity contribution in [2.45, 2.75) is 12.5 Å². The summed E-state index contributed by atoms with van der Waals surface area (Å²) in [6.07, 6.45) is 0. The number of halogens is 1. The van der Waals surface area contributed by atoms with E-state index in [0.29, 0.717) is 12.2 Å². The maximum Gasteiger partial charge on any atom is 0.255 e. The molecule has 0 radical (unpaired) electrons. The molecule has 1 amide bonds. The summed E-state index contributed by atoms with van der Waals surface area (Å²) >= 11 is 5.81. The number of hydrogen-bond acceptors (Lipinski definition) is 2. The third kappa shape index (κ3) is 2.30. The average Bonchev–Trinajstić information content (AvgIpc) is 2.26. The molecule has 1 unspecified atom stereocenters. The predicted molar refractivity (Wildman–Crippen MR) is 59.7 cm³/mol. The van der Waals surface area contributed by atoms with Gasteiger partial charge in [-0.25, -0.2) is 0 Å². The molecule has 0 aliphatic carbocycles. The van der Waals surface area contributed by atoms with Gasteiger partial charge < -0.3 is 10.5 Å². The lowest BCUT2D eigenvalue weighted by Crippen LogP contribution is -2.45. The number of nitrogens with two attached hydrogens (primary N) is 1. The van der Waals surface area contributed by atoms with Crippen LogP contribution in [-0.2, 0) is 15.1 Å². The first-order valence-electron chi connectivity index (χ1n) is 4.72. The van der Waals surface area contributed by atoms with Crippen molar-refractivity contribution in [3.63, 3.8) is 0 Å². The standard InChI is InChI=1S/C11H14ClNO2/c1-2-15-11(8-12,10(13)14)9-6-4-3-5-7-9/h3-7H,2,8H2,1H3,(H2,13,14). The Balaban J connectivity index is 3.15. The van der Waals surface area contributed by atoms with Gasteiger partial charge in [-0.2, -0.15) is 0 Å². The SMILES string of the molecule is CCOC(CCl)(C(N)=O)c1ccccc1. The Bertz CT molecular complexity index is 329. The minimum absolute atomic E-state index is 0.0141. The van der Waals surface area contributed by atoms with Crippen molar-refractivity contribution in [1.82, 2.24) is 0 Å². The Labute approximate surface area is 94.2 Å². The summed E-state index contributed by atoms with van der Waals surface area (Å²) in [4.78, 5) is 11.5. The van der Waals surface area contributed by atoms with E-state index in [-0.39, 0.29) is 5.88 Å². The van der Waals surface area contributed by atoms with Gasteiger partial charge in [-0.1, -0.05) is 30.3 Å². The van der Waals surface area contributed by atoms with Crippen LogP contribution in [0, 0.1) is 0 Å². The quantitative estimate of drug-likeness (QED) is 0.778. The summed E-state index contributed by atoms with van der Waals surface area (Å²) in [5.41, 5.74) is 4.83. The summed E-state index contributed by atoms with van der Waals surface area (Å²) in [5, 5.41) is 0. The predicted octanol–water partition coefficient (Wildman–Crippen LogP) is 1.64. The first kappa shape index (κ1) is 12.0. The van der Waals surface area contributed by atoms with Crippen LogP contribution in [0.3, 0.4) is 0 Å². The van der Waals surface area contributed by atoms with E-state index in [9.17, 15) is 4.79 Å². The number of alkyl halides is 1. The maximum absolute atomic E-state index is 11.5. The lowest BCUT2D eigenvalue weighted by atomic mass is 9.95. The van der Waals surface area contributed by atoms with Crippen LogP contribution < -0.4 is 5.73 Å². The fourth-order valence-electron chi connectivity index (χ4n) is 1.43. The molecule has 0 bridgehead atoms. The van der Waals surface area contributed by atoms with Gasteiger partial charge in [-0.3, -0.25) is 4.79 Å². The zero-order chi connectivity index (χ0) is 11.3. The second-order valence-corrected chi connectivity index (χ2v) is 3.39. The summed E-state index contributed by atoms with van der Waals surface area (Å²) in [7, 11) is 0. The Hall–Kier alpha value is -1.06. The zero-order valence-electron chi connectivity index (χ0n) is 8.57. The second kappa shape index (κ2) is 5.14. The number of ether oxygens (including phenoxy) is 1. The molecule has 0 heterocycles. The number of primary amides is 1. The van der Waals surface area contributed by atoms with Gasteiger partial charge in [0.2, 0.25) is 0 Å². The van der Waals surface area contributed by atoms with Crippen LogP contribution in [0.4, 0.5) is 0 Å². The van der Waals surface area contributed by atoms with Crippen molar-refractivity contribution in [3.05, 3.63) is 35.9 Å². The van der Waals surface area contributed by atoms with E-state index in [2.05, 4.69) is 0 Å². The van der Waals surface area contributed by atoms with Gasteiger partial charge in [-0.15, -0.1) is 11.6 Å². The highest BCUT2D eigenvalue weighted by Gasteiger charge is 2.38. The summed E-state index contributed by atoms with van der Waals surface area (Å²) in [6, 6.07) is 9.05. The first-order valence-corrected chi connectivity index (χ1v) is 5.26. The summed E-state index contributed by atoms with van der Waals surface area (Å²) in [5.74, 6) is -0.550. The molecule has 0 fully saturated rings. The van der Waals surface area contributed by atoms with E-state index >= 15 is 0 Å². The van der Waals surface area contributed by atoms with Gasteiger partial charge in [-0.05, 0) is 12.5 Å². The van der Waals surface area contributed by atoms with E-state index in [1.54, 1.807) is 19.1 Å². The Morgan fingerprint density at radius 1 is 1.47 bits per heavy atom. The zero-order valence-corrected chi connectivity index (χ0v) is 9.33. The average molecular weight is 228 g/mol. The number of hydrogen-bond donors (Lipinski definition) is 1. The molecule has 0 saturated carbocycles. The van der Waals surface area contributed by atoms with Crippen LogP contribution in [-0.4, -0.2) is 18.4 Å². The van der Waals surface area contributed by atoms with E-state index in [1.807, 2.05) is 18.2 Å². The third-order valence-corrected chi connectivity index (χ3v) is 2.59. The molecule has 82 valence electrons. The van der Waals surface area contributed by atoms with Gasteiger partial charge in [0.25, 0.3) is 5.91 Å². The van der Waals surface area contributed by atoms with Gasteiger partial charge in [0.05, 0.1) is 5.88 Å². The van der Waals surface area contributed by atoms with Crippen molar-refractivity contribution in [2.24, 2.45) is 5.73 Å². The highest BCUT2D eigenvalue weighted by Crippen LogP contribution is 2.26. The molecule has 0 spiro atoms. The molecule has 1 aromatic carbocycles. The first-order chi connectivity index (χ1) is 7.17. The monoisotopic (exact) mass is 227 g/mol. The number of benzene rings is 1. The van der Waals surface area contributed by atoms with E-state index < -0.39 is 11.5 Å². The normalized spacial score (nSPS) is 14.5. The molecule has 15 heavy (non-hydrogen) atoms. The van der Waals surface area contributed by atoms with Gasteiger partial charge in [0.1, 0.15) is 0 Å². The van der Waals surface area contributed by atoms with Crippen LogP contribution in [0.5, 0.6) is 0 Å². The van der Waals surface area contributed by atoms with Crippen molar-refractivity contribution in [1.29, 1.82) is 0 Å². The molecule has 3 nitrogen and oxygen atoms in total. The molecule has 2 N–H and O–H groups in total. The number of amides is 1. The number of carbonyl (C=O) groups excluding carboxylic acids is 1. The van der Waals surface area contributed by atoms with Crippen molar-refractivity contribution in [2.75, 3.05) is 12.5 Å². The van der Waals surface area contributed by atoms with E-state index in [0.717, 1.165) is 0 Å². The molecule has 0 aromatic heterocycles. The molecule has 1 atom stereocenters. The molecule has 1 rings (SSSR count). The third-order valence-electron chi connectivity index (χ3n) is 2.22. The topological polar surface area (TPSA) is 52.3 Å². The van der Waals surface area contributed by atoms with Crippen molar-refractivity contribution in [3.8, 4) is 0 Å². The van der Waals surface area contributed by atoms with Crippen LogP contribution >= 0.6 is 11.6 Å². The van der Waals surface area contributed by atoms with Crippen LogP contribution in [0.2, 0.25) is 0 Å². The smallest absolute Gasteiger partial charge is 0.255 e. The largest absolute Gasteiger partial charge is 0.367 e. The van der Waals surface area contributed by atoms with E-state index in [4.69, 9.17) is 22.1 Å². The minimum Gasteiger partial charge on any atom is -0.367 e. The second-order valence-electron chi connectivity index (χ2n) is 3.12. The number of carbonyl (C=O) groups is 1. The Morgan fingerprint density at radius 2 is 2.07 bits per heavy atom. The van der Waals surface area contributed by atoms with Crippen molar-refractivity contribution >= 4 is 17.5 Å². The molecular weight excluding hydrogens is 214 g/mol. The van der Waals surface area contributed by atoms with Crippen molar-refractivity contribution < 1.29 is 9.53 Å². The molecule has 0 saturated heterocycles. The molecule has 4 heteroatoms. The summed E-state index contributed by atoms with van der Waals surface area (Å²) in [6.45, 7) is 2.18. The highest BCUT2D eigenvalue weighted by molar-refractivity contribution is 6.20. The highest BCUT2D eigenvalue weighted by atomic mass is 35.5. The fourth-order valence-corrected chi connectivity index (χ4v) is 1.80.